The van der Waals surface area contributed by atoms with Crippen LogP contribution in [0.4, 0.5) is 5.69 Å². The van der Waals surface area contributed by atoms with E-state index in [-0.39, 0.29) is 0 Å². The second-order valence-electron chi connectivity index (χ2n) is 6.37. The fourth-order valence-corrected chi connectivity index (χ4v) is 4.34. The number of para-hydroxylation sites is 1. The van der Waals surface area contributed by atoms with E-state index in [1.165, 1.54) is 29.2 Å². The molecule has 21 heavy (non-hydrogen) atoms. The summed E-state index contributed by atoms with van der Waals surface area (Å²) in [5, 5.41) is 8.10. The topological polar surface area (TPSA) is 29.9 Å². The number of thioether (sulfide) groups is 1. The van der Waals surface area contributed by atoms with Crippen molar-refractivity contribution in [3.8, 4) is 0 Å². The van der Waals surface area contributed by atoms with E-state index >= 15 is 0 Å². The van der Waals surface area contributed by atoms with E-state index in [1.54, 1.807) is 0 Å². The molecule has 1 aromatic carbocycles. The first-order valence-corrected chi connectivity index (χ1v) is 8.70. The van der Waals surface area contributed by atoms with Crippen molar-refractivity contribution in [1.82, 2.24) is 9.78 Å². The predicted molar refractivity (Wildman–Crippen MR) is 90.9 cm³/mol. The number of benzene rings is 1. The first kappa shape index (κ1) is 14.5. The number of hydrogen-bond acceptors (Lipinski definition) is 3. The first-order valence-electron chi connectivity index (χ1n) is 7.55. The van der Waals surface area contributed by atoms with Gasteiger partial charge in [0.1, 0.15) is 0 Å². The van der Waals surface area contributed by atoms with Gasteiger partial charge in [-0.05, 0) is 35.3 Å². The largest absolute Gasteiger partial charge is 0.381 e. The Morgan fingerprint density at radius 2 is 2.19 bits per heavy atom. The summed E-state index contributed by atoms with van der Waals surface area (Å²) in [6.07, 6.45) is 5.12. The lowest BCUT2D eigenvalue weighted by atomic mass is 9.82. The van der Waals surface area contributed by atoms with Crippen LogP contribution in [0.1, 0.15) is 25.8 Å². The van der Waals surface area contributed by atoms with Crippen LogP contribution in [0.25, 0.3) is 0 Å². The van der Waals surface area contributed by atoms with Crippen molar-refractivity contribution >= 4 is 17.4 Å². The minimum absolute atomic E-state index is 0.351. The van der Waals surface area contributed by atoms with Crippen LogP contribution in [0.5, 0.6) is 0 Å². The van der Waals surface area contributed by atoms with Gasteiger partial charge in [-0.25, -0.2) is 0 Å². The molecular weight excluding hydrogens is 278 g/mol. The standard InChI is InChI=1S/C17H23N3S/c1-17(2)8-11-21-13-16(17)19-15-7-4-3-6-14(15)12-20-10-5-9-18-20/h3-7,9-10,16,19H,8,11-13H2,1-2H3. The zero-order chi connectivity index (χ0) is 14.7. The average molecular weight is 301 g/mol. The van der Waals surface area contributed by atoms with Gasteiger partial charge in [0.2, 0.25) is 0 Å². The molecule has 1 aliphatic rings. The van der Waals surface area contributed by atoms with Crippen molar-refractivity contribution in [2.45, 2.75) is 32.9 Å². The molecule has 0 saturated carbocycles. The second kappa shape index (κ2) is 6.14. The van der Waals surface area contributed by atoms with E-state index < -0.39 is 0 Å². The number of anilines is 1. The van der Waals surface area contributed by atoms with Crippen LogP contribution in [0.2, 0.25) is 0 Å². The second-order valence-corrected chi connectivity index (χ2v) is 7.52. The average Bonchev–Trinajstić information content (AvgIpc) is 2.96. The Hall–Kier alpha value is -1.42. The van der Waals surface area contributed by atoms with Gasteiger partial charge in [0, 0.05) is 29.9 Å². The number of hydrogen-bond donors (Lipinski definition) is 1. The molecule has 3 rings (SSSR count). The van der Waals surface area contributed by atoms with E-state index in [4.69, 9.17) is 0 Å². The molecule has 1 unspecified atom stereocenters. The Labute approximate surface area is 131 Å². The molecule has 1 aliphatic heterocycles. The summed E-state index contributed by atoms with van der Waals surface area (Å²) < 4.78 is 1.97. The quantitative estimate of drug-likeness (QED) is 0.929. The minimum atomic E-state index is 0.351. The van der Waals surface area contributed by atoms with Crippen molar-refractivity contribution in [3.05, 3.63) is 48.3 Å². The van der Waals surface area contributed by atoms with Gasteiger partial charge in [0.05, 0.1) is 6.54 Å². The molecule has 2 aromatic rings. The molecule has 2 heterocycles. The Morgan fingerprint density at radius 3 is 2.95 bits per heavy atom. The minimum Gasteiger partial charge on any atom is -0.381 e. The van der Waals surface area contributed by atoms with E-state index in [1.807, 2.05) is 23.1 Å². The smallest absolute Gasteiger partial charge is 0.0679 e. The predicted octanol–water partition coefficient (Wildman–Crippen LogP) is 3.88. The Morgan fingerprint density at radius 1 is 1.33 bits per heavy atom. The van der Waals surface area contributed by atoms with Gasteiger partial charge >= 0.3 is 0 Å². The molecule has 3 nitrogen and oxygen atoms in total. The zero-order valence-electron chi connectivity index (χ0n) is 12.7. The molecule has 0 radical (unpaired) electrons. The highest BCUT2D eigenvalue weighted by Crippen LogP contribution is 2.36. The maximum atomic E-state index is 4.31. The third-order valence-electron chi connectivity index (χ3n) is 4.36. The summed E-state index contributed by atoms with van der Waals surface area (Å²) in [6.45, 7) is 5.57. The molecule has 4 heteroatoms. The summed E-state index contributed by atoms with van der Waals surface area (Å²) in [4.78, 5) is 0. The van der Waals surface area contributed by atoms with E-state index in [9.17, 15) is 0 Å². The molecule has 1 fully saturated rings. The van der Waals surface area contributed by atoms with E-state index in [0.29, 0.717) is 11.5 Å². The van der Waals surface area contributed by atoms with Crippen molar-refractivity contribution in [1.29, 1.82) is 0 Å². The Balaban J connectivity index is 1.79. The third kappa shape index (κ3) is 3.43. The Bertz CT molecular complexity index is 577. The number of rotatable bonds is 4. The van der Waals surface area contributed by atoms with Crippen molar-refractivity contribution in [3.63, 3.8) is 0 Å². The van der Waals surface area contributed by atoms with Gasteiger partial charge in [-0.1, -0.05) is 32.0 Å². The van der Waals surface area contributed by atoms with Crippen molar-refractivity contribution in [2.75, 3.05) is 16.8 Å². The van der Waals surface area contributed by atoms with Crippen LogP contribution in [-0.2, 0) is 6.54 Å². The molecule has 1 atom stereocenters. The lowest BCUT2D eigenvalue weighted by Crippen LogP contribution is -2.41. The number of nitrogens with zero attached hydrogens (tertiary/aromatic N) is 2. The highest BCUT2D eigenvalue weighted by atomic mass is 32.2. The van der Waals surface area contributed by atoms with Gasteiger partial charge in [-0.3, -0.25) is 4.68 Å². The summed E-state index contributed by atoms with van der Waals surface area (Å²) in [6, 6.07) is 11.1. The van der Waals surface area contributed by atoms with Crippen molar-refractivity contribution < 1.29 is 0 Å². The monoisotopic (exact) mass is 301 g/mol. The summed E-state index contributed by atoms with van der Waals surface area (Å²) >= 11 is 2.06. The first-order chi connectivity index (χ1) is 10.1. The van der Waals surface area contributed by atoms with E-state index in [2.05, 4.69) is 60.3 Å². The van der Waals surface area contributed by atoms with Crippen LogP contribution >= 0.6 is 11.8 Å². The maximum Gasteiger partial charge on any atom is 0.0679 e. The van der Waals surface area contributed by atoms with Gasteiger partial charge in [-0.2, -0.15) is 16.9 Å². The summed E-state index contributed by atoms with van der Waals surface area (Å²) in [7, 11) is 0. The van der Waals surface area contributed by atoms with Gasteiger partial charge in [0.25, 0.3) is 0 Å². The van der Waals surface area contributed by atoms with Crippen LogP contribution in [0, 0.1) is 5.41 Å². The number of nitrogens with one attached hydrogen (secondary N) is 1. The third-order valence-corrected chi connectivity index (χ3v) is 5.42. The molecule has 0 spiro atoms. The van der Waals surface area contributed by atoms with Crippen LogP contribution in [0.3, 0.4) is 0 Å². The lowest BCUT2D eigenvalue weighted by molar-refractivity contribution is 0.305. The van der Waals surface area contributed by atoms with Crippen LogP contribution < -0.4 is 5.32 Å². The molecular formula is C17H23N3S. The SMILES string of the molecule is CC1(C)CCSCC1Nc1ccccc1Cn1cccn1. The van der Waals surface area contributed by atoms with Gasteiger partial charge in [0.15, 0.2) is 0 Å². The lowest BCUT2D eigenvalue weighted by Gasteiger charge is -2.39. The fraction of sp³-hybridized carbons (Fsp3) is 0.471. The normalized spacial score (nSPS) is 21.1. The molecule has 1 aromatic heterocycles. The van der Waals surface area contributed by atoms with E-state index in [0.717, 1.165) is 6.54 Å². The molecule has 1 N–H and O–H groups in total. The van der Waals surface area contributed by atoms with Crippen LogP contribution in [0.15, 0.2) is 42.7 Å². The number of aromatic nitrogens is 2. The maximum absolute atomic E-state index is 4.31. The molecule has 0 aliphatic carbocycles. The summed E-state index contributed by atoms with van der Waals surface area (Å²) in [5.41, 5.74) is 2.89. The molecule has 0 bridgehead atoms. The molecule has 112 valence electrons. The van der Waals surface area contributed by atoms with Crippen molar-refractivity contribution in [2.24, 2.45) is 5.41 Å². The van der Waals surface area contributed by atoms with Crippen LogP contribution in [-0.4, -0.2) is 27.3 Å². The molecule has 1 saturated heterocycles. The molecule has 0 amide bonds. The summed E-state index contributed by atoms with van der Waals surface area (Å²) in [5.74, 6) is 2.46. The van der Waals surface area contributed by atoms with Gasteiger partial charge < -0.3 is 5.32 Å². The zero-order valence-corrected chi connectivity index (χ0v) is 13.6. The van der Waals surface area contributed by atoms with Gasteiger partial charge in [-0.15, -0.1) is 0 Å². The fourth-order valence-electron chi connectivity index (χ4n) is 2.73. The highest BCUT2D eigenvalue weighted by molar-refractivity contribution is 7.99. The Kier molecular flexibility index (Phi) is 4.24. The highest BCUT2D eigenvalue weighted by Gasteiger charge is 2.32.